The van der Waals surface area contributed by atoms with E-state index in [-0.39, 0.29) is 0 Å². The number of benzene rings is 1. The van der Waals surface area contributed by atoms with E-state index in [1.165, 1.54) is 0 Å². The van der Waals surface area contributed by atoms with Gasteiger partial charge in [0.15, 0.2) is 0 Å². The number of aromatic nitrogens is 2. The Hall–Kier alpha value is -1.41. The first-order chi connectivity index (χ1) is 7.47. The van der Waals surface area contributed by atoms with E-state index in [9.17, 15) is 4.57 Å². The standard InChI is InChI=1S/C11H13N2O2P/c1-8-12-11(13-15-8)9-5-4-6-10(7-9)16(2,3)14/h4-7H,1-3H3. The van der Waals surface area contributed by atoms with Crippen molar-refractivity contribution in [3.05, 3.63) is 30.2 Å². The Morgan fingerprint density at radius 3 is 2.62 bits per heavy atom. The van der Waals surface area contributed by atoms with E-state index in [0.717, 1.165) is 10.9 Å². The maximum atomic E-state index is 11.9. The third-order valence-corrected chi connectivity index (χ3v) is 3.78. The molecule has 0 aliphatic rings. The third kappa shape index (κ3) is 2.22. The fraction of sp³-hybridized carbons (Fsp3) is 0.273. The number of rotatable bonds is 2. The Kier molecular flexibility index (Phi) is 2.68. The van der Waals surface area contributed by atoms with Gasteiger partial charge in [0.1, 0.15) is 7.14 Å². The van der Waals surface area contributed by atoms with Crippen LogP contribution in [0.4, 0.5) is 0 Å². The second-order valence-corrected chi connectivity index (χ2v) is 7.26. The van der Waals surface area contributed by atoms with Gasteiger partial charge in [-0.3, -0.25) is 0 Å². The minimum atomic E-state index is -2.24. The zero-order valence-corrected chi connectivity index (χ0v) is 10.4. The molecule has 84 valence electrons. The van der Waals surface area contributed by atoms with E-state index in [4.69, 9.17) is 4.52 Å². The topological polar surface area (TPSA) is 56.0 Å². The van der Waals surface area contributed by atoms with Gasteiger partial charge in [0.05, 0.1) is 0 Å². The van der Waals surface area contributed by atoms with Crippen molar-refractivity contribution in [2.24, 2.45) is 0 Å². The Labute approximate surface area is 94.1 Å². The lowest BCUT2D eigenvalue weighted by atomic mass is 10.2. The Morgan fingerprint density at radius 2 is 2.06 bits per heavy atom. The van der Waals surface area contributed by atoms with Crippen LogP contribution in [-0.4, -0.2) is 23.5 Å². The number of hydrogen-bond donors (Lipinski definition) is 0. The Balaban J connectivity index is 2.48. The summed E-state index contributed by atoms with van der Waals surface area (Å²) in [5.74, 6) is 1.06. The lowest BCUT2D eigenvalue weighted by Gasteiger charge is -2.07. The lowest BCUT2D eigenvalue weighted by Crippen LogP contribution is -2.02. The minimum Gasteiger partial charge on any atom is -0.339 e. The first-order valence-corrected chi connectivity index (χ1v) is 7.53. The van der Waals surface area contributed by atoms with Gasteiger partial charge in [0.2, 0.25) is 11.7 Å². The molecule has 16 heavy (non-hydrogen) atoms. The van der Waals surface area contributed by atoms with Crippen LogP contribution in [0.1, 0.15) is 5.89 Å². The van der Waals surface area contributed by atoms with Crippen molar-refractivity contribution >= 4 is 12.4 Å². The van der Waals surface area contributed by atoms with Gasteiger partial charge >= 0.3 is 0 Å². The van der Waals surface area contributed by atoms with Gasteiger partial charge in [-0.1, -0.05) is 23.4 Å². The molecule has 1 aromatic carbocycles. The van der Waals surface area contributed by atoms with Gasteiger partial charge in [-0.2, -0.15) is 4.98 Å². The quantitative estimate of drug-likeness (QED) is 0.750. The van der Waals surface area contributed by atoms with Crippen LogP contribution >= 0.6 is 7.14 Å². The molecule has 0 amide bonds. The molecule has 0 fully saturated rings. The van der Waals surface area contributed by atoms with Crippen LogP contribution in [0.15, 0.2) is 28.8 Å². The van der Waals surface area contributed by atoms with E-state index in [1.54, 1.807) is 20.3 Å². The maximum absolute atomic E-state index is 11.9. The second-order valence-electron chi connectivity index (χ2n) is 4.04. The Morgan fingerprint density at radius 1 is 1.31 bits per heavy atom. The number of aryl methyl sites for hydroxylation is 1. The van der Waals surface area contributed by atoms with Crippen LogP contribution in [0, 0.1) is 6.92 Å². The van der Waals surface area contributed by atoms with Gasteiger partial charge in [0, 0.05) is 17.8 Å². The average molecular weight is 236 g/mol. The van der Waals surface area contributed by atoms with Gasteiger partial charge < -0.3 is 9.09 Å². The highest BCUT2D eigenvalue weighted by atomic mass is 31.2. The van der Waals surface area contributed by atoms with Crippen LogP contribution in [0.2, 0.25) is 0 Å². The average Bonchev–Trinajstić information content (AvgIpc) is 2.64. The van der Waals surface area contributed by atoms with E-state index in [2.05, 4.69) is 10.1 Å². The van der Waals surface area contributed by atoms with Gasteiger partial charge in [0.25, 0.3) is 0 Å². The van der Waals surface area contributed by atoms with Crippen molar-refractivity contribution in [2.45, 2.75) is 6.92 Å². The number of nitrogens with zero attached hydrogens (tertiary/aromatic N) is 2. The van der Waals surface area contributed by atoms with Crippen LogP contribution in [0.5, 0.6) is 0 Å². The molecule has 1 heterocycles. The molecule has 0 aliphatic heterocycles. The Bertz CT molecular complexity index is 557. The van der Waals surface area contributed by atoms with Crippen LogP contribution in [-0.2, 0) is 4.57 Å². The largest absolute Gasteiger partial charge is 0.339 e. The van der Waals surface area contributed by atoms with E-state index >= 15 is 0 Å². The van der Waals surface area contributed by atoms with Crippen molar-refractivity contribution < 1.29 is 9.09 Å². The fourth-order valence-corrected chi connectivity index (χ4v) is 2.29. The van der Waals surface area contributed by atoms with Crippen molar-refractivity contribution in [2.75, 3.05) is 13.3 Å². The monoisotopic (exact) mass is 236 g/mol. The first-order valence-electron chi connectivity index (χ1n) is 4.93. The highest BCUT2D eigenvalue weighted by Gasteiger charge is 2.13. The van der Waals surface area contributed by atoms with Crippen molar-refractivity contribution in [1.29, 1.82) is 0 Å². The summed E-state index contributed by atoms with van der Waals surface area (Å²) in [6, 6.07) is 7.45. The molecule has 5 heteroatoms. The molecule has 2 aromatic rings. The summed E-state index contributed by atoms with van der Waals surface area (Å²) in [7, 11) is -2.24. The van der Waals surface area contributed by atoms with Crippen LogP contribution in [0.3, 0.4) is 0 Å². The number of hydrogen-bond acceptors (Lipinski definition) is 4. The van der Waals surface area contributed by atoms with Crippen LogP contribution < -0.4 is 5.30 Å². The summed E-state index contributed by atoms with van der Waals surface area (Å²) in [6.07, 6.45) is 0. The summed E-state index contributed by atoms with van der Waals surface area (Å²) in [4.78, 5) is 4.14. The van der Waals surface area contributed by atoms with E-state index < -0.39 is 7.14 Å². The smallest absolute Gasteiger partial charge is 0.223 e. The SMILES string of the molecule is Cc1nc(-c2cccc(P(C)(C)=O)c2)no1. The van der Waals surface area contributed by atoms with Crippen LogP contribution in [0.25, 0.3) is 11.4 Å². The molecule has 2 rings (SSSR count). The molecular formula is C11H13N2O2P. The second kappa shape index (κ2) is 3.87. The molecule has 0 saturated carbocycles. The summed E-state index contributed by atoms with van der Waals surface area (Å²) >= 11 is 0. The highest BCUT2D eigenvalue weighted by Crippen LogP contribution is 2.35. The summed E-state index contributed by atoms with van der Waals surface area (Å²) in [5, 5.41) is 4.66. The van der Waals surface area contributed by atoms with Crippen molar-refractivity contribution in [1.82, 2.24) is 10.1 Å². The lowest BCUT2D eigenvalue weighted by molar-refractivity contribution is 0.394. The molecule has 0 N–H and O–H groups in total. The first kappa shape index (κ1) is 11.1. The molecule has 0 bridgehead atoms. The molecule has 0 atom stereocenters. The predicted octanol–water partition coefficient (Wildman–Crippen LogP) is 2.29. The summed E-state index contributed by atoms with van der Waals surface area (Å²) in [5.41, 5.74) is 0.832. The predicted molar refractivity (Wildman–Crippen MR) is 63.6 cm³/mol. The molecule has 0 spiro atoms. The van der Waals surface area contributed by atoms with E-state index in [0.29, 0.717) is 11.7 Å². The molecule has 0 saturated heterocycles. The van der Waals surface area contributed by atoms with Crippen molar-refractivity contribution in [3.8, 4) is 11.4 Å². The fourth-order valence-electron chi connectivity index (χ4n) is 1.40. The highest BCUT2D eigenvalue weighted by molar-refractivity contribution is 7.70. The normalized spacial score (nSPS) is 11.7. The van der Waals surface area contributed by atoms with Gasteiger partial charge in [-0.15, -0.1) is 0 Å². The zero-order valence-electron chi connectivity index (χ0n) is 9.47. The molecule has 0 radical (unpaired) electrons. The zero-order chi connectivity index (χ0) is 11.8. The summed E-state index contributed by atoms with van der Waals surface area (Å²) in [6.45, 7) is 5.23. The summed E-state index contributed by atoms with van der Waals surface area (Å²) < 4.78 is 16.9. The molecule has 0 aliphatic carbocycles. The maximum Gasteiger partial charge on any atom is 0.223 e. The molecule has 0 unspecified atom stereocenters. The molecule has 4 nitrogen and oxygen atoms in total. The van der Waals surface area contributed by atoms with Gasteiger partial charge in [-0.25, -0.2) is 0 Å². The van der Waals surface area contributed by atoms with E-state index in [1.807, 2.05) is 24.3 Å². The molecular weight excluding hydrogens is 223 g/mol. The minimum absolute atomic E-state index is 0.525. The molecule has 1 aromatic heterocycles. The van der Waals surface area contributed by atoms with Gasteiger partial charge in [-0.05, 0) is 19.4 Å². The third-order valence-electron chi connectivity index (χ3n) is 2.25. The van der Waals surface area contributed by atoms with Crippen molar-refractivity contribution in [3.63, 3.8) is 0 Å².